The molecular weight excluding hydrogens is 292 g/mol. The van der Waals surface area contributed by atoms with Gasteiger partial charge in [-0.25, -0.2) is 9.97 Å². The number of rotatable bonds is 4. The number of halogens is 1. The zero-order chi connectivity index (χ0) is 14.1. The summed E-state index contributed by atoms with van der Waals surface area (Å²) in [4.78, 5) is 9.75. The third kappa shape index (κ3) is 2.51. The second-order valence-corrected chi connectivity index (χ2v) is 6.24. The van der Waals surface area contributed by atoms with Gasteiger partial charge >= 0.3 is 0 Å². The minimum absolute atomic E-state index is 0.578. The van der Waals surface area contributed by atoms with E-state index >= 15 is 0 Å². The van der Waals surface area contributed by atoms with Crippen molar-refractivity contribution in [2.75, 3.05) is 5.32 Å². The van der Waals surface area contributed by atoms with Gasteiger partial charge in [-0.05, 0) is 32.0 Å². The molecule has 0 fully saturated rings. The average Bonchev–Trinajstić information content (AvgIpc) is 2.98. The van der Waals surface area contributed by atoms with Crippen LogP contribution in [-0.2, 0) is 13.1 Å². The summed E-state index contributed by atoms with van der Waals surface area (Å²) in [5.74, 6) is 1.05. The molecule has 0 aliphatic heterocycles. The fourth-order valence-electron chi connectivity index (χ4n) is 2.31. The maximum atomic E-state index is 5.82. The molecule has 1 N–H and O–H groups in total. The normalized spacial score (nSPS) is 11.2. The molecule has 3 rings (SSSR count). The van der Waals surface area contributed by atoms with E-state index in [1.54, 1.807) is 6.20 Å². The highest BCUT2D eigenvalue weighted by molar-refractivity contribution is 7.15. The molecule has 3 aromatic rings. The Labute approximate surface area is 126 Å². The Kier molecular flexibility index (Phi) is 3.63. The molecule has 0 aliphatic carbocycles. The summed E-state index contributed by atoms with van der Waals surface area (Å²) < 4.78 is 2.79. The first kappa shape index (κ1) is 13.4. The van der Waals surface area contributed by atoms with Gasteiger partial charge < -0.3 is 9.88 Å². The van der Waals surface area contributed by atoms with Crippen molar-refractivity contribution in [1.82, 2.24) is 14.5 Å². The third-order valence-corrected chi connectivity index (χ3v) is 4.36. The summed E-state index contributed by atoms with van der Waals surface area (Å²) in [6.45, 7) is 5.83. The summed E-state index contributed by atoms with van der Waals surface area (Å²) in [6, 6.07) is 6.27. The van der Waals surface area contributed by atoms with Gasteiger partial charge in [-0.3, -0.25) is 0 Å². The van der Waals surface area contributed by atoms with Gasteiger partial charge in [0.15, 0.2) is 4.47 Å². The van der Waals surface area contributed by atoms with Gasteiger partial charge in [-0.15, -0.1) is 11.3 Å². The first-order chi connectivity index (χ1) is 9.67. The number of imidazole rings is 1. The summed E-state index contributed by atoms with van der Waals surface area (Å²) in [5.41, 5.74) is 3.26. The molecule has 20 heavy (non-hydrogen) atoms. The van der Waals surface area contributed by atoms with Crippen LogP contribution in [0.3, 0.4) is 0 Å². The lowest BCUT2D eigenvalue weighted by atomic mass is 10.2. The average molecular weight is 307 g/mol. The molecule has 0 spiro atoms. The fourth-order valence-corrected chi connectivity index (χ4v) is 3.23. The molecule has 0 saturated carbocycles. The molecule has 0 amide bonds. The number of hydrogen-bond acceptors (Lipinski definition) is 4. The molecule has 0 atom stereocenters. The second kappa shape index (κ2) is 5.42. The molecule has 2 aromatic heterocycles. The lowest BCUT2D eigenvalue weighted by Crippen LogP contribution is -1.98. The van der Waals surface area contributed by atoms with Gasteiger partial charge in [0, 0.05) is 23.3 Å². The molecule has 2 heterocycles. The monoisotopic (exact) mass is 306 g/mol. The number of benzene rings is 1. The van der Waals surface area contributed by atoms with Crippen LogP contribution in [0, 0.1) is 6.92 Å². The minimum Gasteiger partial charge on any atom is -0.380 e. The van der Waals surface area contributed by atoms with Crippen LogP contribution in [0.2, 0.25) is 4.47 Å². The minimum atomic E-state index is 0.578. The molecule has 104 valence electrons. The number of hydrogen-bond donors (Lipinski definition) is 1. The molecule has 6 heteroatoms. The second-order valence-electron chi connectivity index (χ2n) is 4.54. The van der Waals surface area contributed by atoms with Crippen molar-refractivity contribution in [2.45, 2.75) is 26.9 Å². The number of nitrogens with one attached hydrogen (secondary N) is 1. The smallest absolute Gasteiger partial charge is 0.183 e. The zero-order valence-electron chi connectivity index (χ0n) is 11.4. The number of aromatic nitrogens is 3. The Morgan fingerprint density at radius 1 is 1.40 bits per heavy atom. The lowest BCUT2D eigenvalue weighted by molar-refractivity contribution is 0.753. The predicted octanol–water partition coefficient (Wildman–Crippen LogP) is 4.09. The standard InChI is InChI=1S/C14H15ClN4S/c1-3-19-9(2)18-12-6-10(4-5-13(12)19)16-7-11-8-17-14(15)20-11/h4-6,8,16H,3,7H2,1-2H3. The predicted molar refractivity (Wildman–Crippen MR) is 84.6 cm³/mol. The molecule has 4 nitrogen and oxygen atoms in total. The maximum Gasteiger partial charge on any atom is 0.183 e. The van der Waals surface area contributed by atoms with Crippen molar-refractivity contribution in [3.63, 3.8) is 0 Å². The topological polar surface area (TPSA) is 42.7 Å². The van der Waals surface area contributed by atoms with E-state index in [1.807, 2.05) is 6.92 Å². The number of fused-ring (bicyclic) bond motifs is 1. The zero-order valence-corrected chi connectivity index (χ0v) is 12.9. The lowest BCUT2D eigenvalue weighted by Gasteiger charge is -2.05. The van der Waals surface area contributed by atoms with Gasteiger partial charge in [0.05, 0.1) is 17.6 Å². The van der Waals surface area contributed by atoms with Gasteiger partial charge in [-0.1, -0.05) is 11.6 Å². The highest BCUT2D eigenvalue weighted by atomic mass is 35.5. The van der Waals surface area contributed by atoms with E-state index in [0.29, 0.717) is 4.47 Å². The van der Waals surface area contributed by atoms with E-state index < -0.39 is 0 Å². The van der Waals surface area contributed by atoms with Crippen LogP contribution < -0.4 is 5.32 Å². The van der Waals surface area contributed by atoms with Crippen LogP contribution in [0.4, 0.5) is 5.69 Å². The van der Waals surface area contributed by atoms with E-state index in [0.717, 1.165) is 35.0 Å². The van der Waals surface area contributed by atoms with Crippen LogP contribution in [0.15, 0.2) is 24.4 Å². The molecule has 1 aromatic carbocycles. The first-order valence-corrected chi connectivity index (χ1v) is 7.68. The summed E-state index contributed by atoms with van der Waals surface area (Å²) in [5, 5.41) is 3.38. The summed E-state index contributed by atoms with van der Waals surface area (Å²) in [7, 11) is 0. The molecule has 0 bridgehead atoms. The van der Waals surface area contributed by atoms with E-state index in [4.69, 9.17) is 11.6 Å². The fraction of sp³-hybridized carbons (Fsp3) is 0.286. The van der Waals surface area contributed by atoms with Crippen molar-refractivity contribution >= 4 is 39.7 Å². The van der Waals surface area contributed by atoms with Gasteiger partial charge in [0.1, 0.15) is 5.82 Å². The largest absolute Gasteiger partial charge is 0.380 e. The van der Waals surface area contributed by atoms with Crippen LogP contribution >= 0.6 is 22.9 Å². The quantitative estimate of drug-likeness (QED) is 0.789. The van der Waals surface area contributed by atoms with E-state index in [1.165, 1.54) is 16.9 Å². The number of anilines is 1. The number of nitrogens with zero attached hydrogens (tertiary/aromatic N) is 3. The van der Waals surface area contributed by atoms with Crippen molar-refractivity contribution in [3.8, 4) is 0 Å². The first-order valence-electron chi connectivity index (χ1n) is 6.48. The Bertz CT molecular complexity index is 747. The molecular formula is C14H15ClN4S. The summed E-state index contributed by atoms with van der Waals surface area (Å²) >= 11 is 7.32. The Morgan fingerprint density at radius 2 is 2.25 bits per heavy atom. The van der Waals surface area contributed by atoms with Gasteiger partial charge in [0.2, 0.25) is 0 Å². The highest BCUT2D eigenvalue weighted by Crippen LogP contribution is 2.22. The Balaban J connectivity index is 1.82. The Morgan fingerprint density at radius 3 is 2.95 bits per heavy atom. The number of aryl methyl sites for hydroxylation is 2. The molecule has 0 radical (unpaired) electrons. The molecule has 0 unspecified atom stereocenters. The Hall–Kier alpha value is -1.59. The highest BCUT2D eigenvalue weighted by Gasteiger charge is 2.06. The van der Waals surface area contributed by atoms with Crippen molar-refractivity contribution in [1.29, 1.82) is 0 Å². The third-order valence-electron chi connectivity index (χ3n) is 3.25. The summed E-state index contributed by atoms with van der Waals surface area (Å²) in [6.07, 6.45) is 1.80. The number of thiazole rings is 1. The van der Waals surface area contributed by atoms with Crippen LogP contribution in [0.5, 0.6) is 0 Å². The van der Waals surface area contributed by atoms with Crippen LogP contribution in [0.1, 0.15) is 17.6 Å². The van der Waals surface area contributed by atoms with Gasteiger partial charge in [-0.2, -0.15) is 0 Å². The van der Waals surface area contributed by atoms with Gasteiger partial charge in [0.25, 0.3) is 0 Å². The van der Waals surface area contributed by atoms with Crippen molar-refractivity contribution < 1.29 is 0 Å². The van der Waals surface area contributed by atoms with Crippen LogP contribution in [0.25, 0.3) is 11.0 Å². The van der Waals surface area contributed by atoms with E-state index in [-0.39, 0.29) is 0 Å². The van der Waals surface area contributed by atoms with Crippen molar-refractivity contribution in [3.05, 3.63) is 39.6 Å². The van der Waals surface area contributed by atoms with E-state index in [9.17, 15) is 0 Å². The maximum absolute atomic E-state index is 5.82. The molecule has 0 aliphatic rings. The van der Waals surface area contributed by atoms with Crippen LogP contribution in [-0.4, -0.2) is 14.5 Å². The van der Waals surface area contributed by atoms with E-state index in [2.05, 4.69) is 45.0 Å². The SMILES string of the molecule is CCn1c(C)nc2cc(NCc3cnc(Cl)s3)ccc21. The molecule has 0 saturated heterocycles. The van der Waals surface area contributed by atoms with Crippen molar-refractivity contribution in [2.24, 2.45) is 0 Å².